The Morgan fingerprint density at radius 2 is 1.65 bits per heavy atom. The molecule has 1 saturated carbocycles. The number of aliphatic hydroxyl groups excluding tert-OH is 2. The van der Waals surface area contributed by atoms with E-state index in [-0.39, 0.29) is 17.3 Å². The number of rotatable bonds is 20. The first-order valence-electron chi connectivity index (χ1n) is 16.2. The standard InChI is InChI=1S/C30H45ClN5O11PS/c1-2-7-42-8-9-43-10-11-44-12-13-45-14-15-49-21-3-5-30(6-4-21)18-35(19-30)26-22-16-32-36(27(22)34-29(31)33-26)28-25(38)24(37)23(47-28)17-46-20-48(39,40)41/h1,16,21,23-25,28,37-38H,3-15,17-20H2,(H2,39,40,41)/t23-,24-,25-,28-/m1/s1. The van der Waals surface area contributed by atoms with Gasteiger partial charge in [0.1, 0.15) is 37.1 Å². The molecule has 1 spiro atoms. The lowest BCUT2D eigenvalue weighted by atomic mass is 9.68. The molecule has 0 amide bonds. The molecule has 0 unspecified atom stereocenters. The fourth-order valence-corrected chi connectivity index (χ4v) is 7.95. The molecule has 274 valence electrons. The fourth-order valence-electron chi connectivity index (χ4n) is 6.33. The molecular weight excluding hydrogens is 705 g/mol. The summed E-state index contributed by atoms with van der Waals surface area (Å²) in [5.41, 5.74) is 0.559. The van der Waals surface area contributed by atoms with E-state index in [2.05, 4.69) is 25.9 Å². The first-order chi connectivity index (χ1) is 23.6. The second-order valence-corrected chi connectivity index (χ2v) is 15.7. The van der Waals surface area contributed by atoms with Gasteiger partial charge in [-0.1, -0.05) is 5.92 Å². The van der Waals surface area contributed by atoms with E-state index in [9.17, 15) is 14.8 Å². The van der Waals surface area contributed by atoms with Gasteiger partial charge < -0.3 is 53.3 Å². The Balaban J connectivity index is 1.01. The Morgan fingerprint density at radius 1 is 1.00 bits per heavy atom. The highest BCUT2D eigenvalue weighted by Gasteiger charge is 2.48. The molecule has 0 radical (unpaired) electrons. The monoisotopic (exact) mass is 749 g/mol. The minimum Gasteiger partial charge on any atom is -0.387 e. The summed E-state index contributed by atoms with van der Waals surface area (Å²) in [7, 11) is -4.40. The van der Waals surface area contributed by atoms with Gasteiger partial charge in [0.25, 0.3) is 0 Å². The van der Waals surface area contributed by atoms with Crippen molar-refractivity contribution in [2.45, 2.75) is 55.5 Å². The summed E-state index contributed by atoms with van der Waals surface area (Å²) >= 11 is 8.32. The summed E-state index contributed by atoms with van der Waals surface area (Å²) in [4.78, 5) is 29.1. The molecule has 4 heterocycles. The molecule has 4 N–H and O–H groups in total. The minimum atomic E-state index is -4.40. The summed E-state index contributed by atoms with van der Waals surface area (Å²) in [6.45, 7) is 5.43. The summed E-state index contributed by atoms with van der Waals surface area (Å²) < 4.78 is 45.0. The number of thioether (sulfide) groups is 1. The molecule has 1 aliphatic carbocycles. The van der Waals surface area contributed by atoms with Crippen LogP contribution in [0, 0.1) is 17.8 Å². The summed E-state index contributed by atoms with van der Waals surface area (Å²) in [6, 6.07) is 0. The third-order valence-corrected chi connectivity index (χ3v) is 10.8. The van der Waals surface area contributed by atoms with Gasteiger partial charge in [-0.2, -0.15) is 26.8 Å². The average Bonchev–Trinajstić information content (AvgIpc) is 3.59. The largest absolute Gasteiger partial charge is 0.387 e. The number of nitrogens with zero attached hydrogens (tertiary/aromatic N) is 5. The molecule has 2 aromatic rings. The molecule has 3 fully saturated rings. The Hall–Kier alpha value is -1.62. The van der Waals surface area contributed by atoms with Crippen molar-refractivity contribution in [3.8, 4) is 12.3 Å². The molecular formula is C30H45ClN5O11PS. The molecule has 0 aromatic carbocycles. The van der Waals surface area contributed by atoms with Gasteiger partial charge in [0, 0.05) is 29.5 Å². The van der Waals surface area contributed by atoms with Gasteiger partial charge in [-0.15, -0.1) is 6.42 Å². The zero-order chi connectivity index (χ0) is 34.9. The van der Waals surface area contributed by atoms with Gasteiger partial charge in [0.2, 0.25) is 5.28 Å². The molecule has 5 rings (SSSR count). The van der Waals surface area contributed by atoms with E-state index in [0.29, 0.717) is 75.0 Å². The average molecular weight is 750 g/mol. The summed E-state index contributed by atoms with van der Waals surface area (Å²) in [5, 5.41) is 26.9. The Morgan fingerprint density at radius 3 is 2.31 bits per heavy atom. The second-order valence-electron chi connectivity index (χ2n) is 12.4. The highest BCUT2D eigenvalue weighted by Crippen LogP contribution is 2.48. The number of ether oxygens (including phenoxy) is 6. The Bertz CT molecular complexity index is 1430. The van der Waals surface area contributed by atoms with Gasteiger partial charge in [0.05, 0.1) is 64.4 Å². The molecule has 49 heavy (non-hydrogen) atoms. The number of fused-ring (bicyclic) bond motifs is 1. The zero-order valence-corrected chi connectivity index (χ0v) is 29.6. The molecule has 2 aromatic heterocycles. The van der Waals surface area contributed by atoms with E-state index in [1.165, 1.54) is 4.68 Å². The highest BCUT2D eigenvalue weighted by atomic mass is 35.5. The van der Waals surface area contributed by atoms with Crippen molar-refractivity contribution >= 4 is 47.8 Å². The van der Waals surface area contributed by atoms with Gasteiger partial charge in [-0.3, -0.25) is 4.57 Å². The van der Waals surface area contributed by atoms with Gasteiger partial charge >= 0.3 is 7.60 Å². The van der Waals surface area contributed by atoms with Crippen LogP contribution >= 0.6 is 31.0 Å². The van der Waals surface area contributed by atoms with Crippen molar-refractivity contribution in [2.24, 2.45) is 5.41 Å². The second kappa shape index (κ2) is 18.2. The quantitative estimate of drug-likeness (QED) is 0.0655. The molecule has 3 aliphatic rings. The van der Waals surface area contributed by atoms with E-state index in [1.54, 1.807) is 6.20 Å². The van der Waals surface area contributed by atoms with Gasteiger partial charge in [0.15, 0.2) is 11.9 Å². The molecule has 0 bridgehead atoms. The molecule has 2 saturated heterocycles. The van der Waals surface area contributed by atoms with Gasteiger partial charge in [-0.25, -0.2) is 4.68 Å². The lowest BCUT2D eigenvalue weighted by Crippen LogP contribution is -2.58. The zero-order valence-electron chi connectivity index (χ0n) is 27.2. The fraction of sp³-hybridized carbons (Fsp3) is 0.767. The maximum absolute atomic E-state index is 11.1. The Kier molecular flexibility index (Phi) is 14.4. The van der Waals surface area contributed by atoms with Crippen LogP contribution in [-0.4, -0.2) is 148 Å². The summed E-state index contributed by atoms with van der Waals surface area (Å²) in [6.07, 6.45) is 5.49. The lowest BCUT2D eigenvalue weighted by molar-refractivity contribution is -0.0658. The summed E-state index contributed by atoms with van der Waals surface area (Å²) in [5.74, 6) is 4.00. The first kappa shape index (κ1) is 38.6. The van der Waals surface area contributed by atoms with Crippen LogP contribution in [0.4, 0.5) is 5.82 Å². The van der Waals surface area contributed by atoms with E-state index in [0.717, 1.165) is 44.5 Å². The number of hydrogen-bond acceptors (Lipinski definition) is 14. The highest BCUT2D eigenvalue weighted by molar-refractivity contribution is 7.99. The van der Waals surface area contributed by atoms with Gasteiger partial charge in [-0.05, 0) is 37.3 Å². The number of hydrogen-bond donors (Lipinski definition) is 4. The van der Waals surface area contributed by atoms with Crippen LogP contribution in [0.25, 0.3) is 11.0 Å². The third-order valence-electron chi connectivity index (χ3n) is 8.75. The van der Waals surface area contributed by atoms with Crippen molar-refractivity contribution in [1.82, 2.24) is 19.7 Å². The molecule has 2 aliphatic heterocycles. The van der Waals surface area contributed by atoms with Crippen LogP contribution in [0.5, 0.6) is 0 Å². The Labute approximate surface area is 294 Å². The van der Waals surface area contributed by atoms with Crippen molar-refractivity contribution in [1.29, 1.82) is 0 Å². The van der Waals surface area contributed by atoms with Crippen LogP contribution in [-0.2, 0) is 33.0 Å². The van der Waals surface area contributed by atoms with Crippen molar-refractivity contribution in [3.05, 3.63) is 11.5 Å². The van der Waals surface area contributed by atoms with Crippen molar-refractivity contribution in [3.63, 3.8) is 0 Å². The molecule has 4 atom stereocenters. The first-order valence-corrected chi connectivity index (χ1v) is 19.5. The molecule has 19 heteroatoms. The topological polar surface area (TPSA) is 200 Å². The number of anilines is 1. The van der Waals surface area contributed by atoms with E-state index >= 15 is 0 Å². The minimum absolute atomic E-state index is 0.0149. The smallest absolute Gasteiger partial charge is 0.350 e. The predicted molar refractivity (Wildman–Crippen MR) is 181 cm³/mol. The number of halogens is 1. The lowest BCUT2D eigenvalue weighted by Gasteiger charge is -2.54. The van der Waals surface area contributed by atoms with Crippen LogP contribution < -0.4 is 4.90 Å². The maximum atomic E-state index is 11.1. The van der Waals surface area contributed by atoms with Crippen LogP contribution in [0.2, 0.25) is 5.28 Å². The number of aromatic nitrogens is 4. The van der Waals surface area contributed by atoms with Crippen LogP contribution in [0.1, 0.15) is 31.9 Å². The SMILES string of the molecule is C#CCOCCOCCOCCOCCSC1CCC2(CC1)CN(c1nc(Cl)nc3c1cnn3[C@@H]1O[C@H](COCP(=O)(O)O)[C@@H](O)[C@H]1O)C2. The maximum Gasteiger partial charge on any atom is 0.350 e. The molecule has 16 nitrogen and oxygen atoms in total. The van der Waals surface area contributed by atoms with E-state index in [1.807, 2.05) is 11.8 Å². The van der Waals surface area contributed by atoms with Crippen molar-refractivity contribution in [2.75, 3.05) is 89.6 Å². The van der Waals surface area contributed by atoms with Crippen molar-refractivity contribution < 1.29 is 53.0 Å². The number of aliphatic hydroxyl groups is 2. The van der Waals surface area contributed by atoms with Crippen LogP contribution in [0.3, 0.4) is 0 Å². The number of terminal acetylenes is 1. The predicted octanol–water partition coefficient (Wildman–Crippen LogP) is 1.43. The van der Waals surface area contributed by atoms with Crippen LogP contribution in [0.15, 0.2) is 6.20 Å². The third kappa shape index (κ3) is 10.7. The normalized spacial score (nSPS) is 24.1. The van der Waals surface area contributed by atoms with E-state index < -0.39 is 38.5 Å². The van der Waals surface area contributed by atoms with E-state index in [4.69, 9.17) is 56.2 Å².